The zero-order valence-corrected chi connectivity index (χ0v) is 13.6. The van der Waals surface area contributed by atoms with Crippen molar-refractivity contribution in [3.8, 4) is 5.69 Å². The fourth-order valence-electron chi connectivity index (χ4n) is 2.48. The maximum Gasteiger partial charge on any atom is 0.271 e. The van der Waals surface area contributed by atoms with Crippen molar-refractivity contribution in [1.82, 2.24) is 15.1 Å². The first-order valence-electron chi connectivity index (χ1n) is 7.65. The van der Waals surface area contributed by atoms with Crippen LogP contribution in [0.25, 0.3) is 5.69 Å². The number of benzene rings is 1. The molecule has 0 fully saturated rings. The van der Waals surface area contributed by atoms with Crippen molar-refractivity contribution in [3.05, 3.63) is 47.5 Å². The Morgan fingerprint density at radius 2 is 2.13 bits per heavy atom. The molecule has 5 nitrogen and oxygen atoms in total. The molecule has 2 aromatic rings. The number of halogens is 1. The summed E-state index contributed by atoms with van der Waals surface area (Å²) in [5.41, 5.74) is 1.61. The molecule has 1 amide bonds. The van der Waals surface area contributed by atoms with Crippen LogP contribution in [0.3, 0.4) is 0 Å². The fourth-order valence-corrected chi connectivity index (χ4v) is 2.48. The smallest absolute Gasteiger partial charge is 0.271 e. The third-order valence-electron chi connectivity index (χ3n) is 3.53. The Labute approximate surface area is 135 Å². The number of rotatable bonds is 6. The first kappa shape index (κ1) is 17.1. The molecule has 0 aliphatic rings. The van der Waals surface area contributed by atoms with Crippen molar-refractivity contribution in [1.29, 1.82) is 0 Å². The highest BCUT2D eigenvalue weighted by Gasteiger charge is 2.15. The number of carbonyl (C=O) groups excluding carboxylic acids is 1. The van der Waals surface area contributed by atoms with E-state index >= 15 is 0 Å². The van der Waals surface area contributed by atoms with Crippen LogP contribution in [-0.4, -0.2) is 33.4 Å². The minimum absolute atomic E-state index is 0.172. The van der Waals surface area contributed by atoms with Gasteiger partial charge in [-0.3, -0.25) is 4.79 Å². The summed E-state index contributed by atoms with van der Waals surface area (Å²) in [4.78, 5) is 12.2. The van der Waals surface area contributed by atoms with Gasteiger partial charge in [-0.05, 0) is 50.5 Å². The van der Waals surface area contributed by atoms with Gasteiger partial charge in [-0.2, -0.15) is 5.10 Å². The van der Waals surface area contributed by atoms with Crippen LogP contribution in [0.5, 0.6) is 0 Å². The molecule has 0 saturated heterocycles. The topological polar surface area (TPSA) is 67.2 Å². The molecule has 0 bridgehead atoms. The van der Waals surface area contributed by atoms with Crippen molar-refractivity contribution in [2.45, 2.75) is 33.3 Å². The van der Waals surface area contributed by atoms with E-state index in [1.807, 2.05) is 13.8 Å². The summed E-state index contributed by atoms with van der Waals surface area (Å²) in [6, 6.07) is 7.73. The zero-order chi connectivity index (χ0) is 17.0. The Bertz CT molecular complexity index is 682. The standard InChI is InChI=1S/C17H22FN3O2/c1-11(7-13(3)22)10-19-17(23)16-8-12(2)21(20-16)15-6-4-5-14(18)9-15/h4-6,8-9,11,13,22H,7,10H2,1-3H3,(H,19,23). The van der Waals surface area contributed by atoms with E-state index in [1.165, 1.54) is 16.8 Å². The van der Waals surface area contributed by atoms with Crippen LogP contribution in [0.15, 0.2) is 30.3 Å². The lowest BCUT2D eigenvalue weighted by Gasteiger charge is -2.13. The Hall–Kier alpha value is -2.21. The van der Waals surface area contributed by atoms with Crippen LogP contribution in [0.2, 0.25) is 0 Å². The highest BCUT2D eigenvalue weighted by atomic mass is 19.1. The van der Waals surface area contributed by atoms with Crippen molar-refractivity contribution in [2.24, 2.45) is 5.92 Å². The van der Waals surface area contributed by atoms with Crippen molar-refractivity contribution in [2.75, 3.05) is 6.54 Å². The molecule has 6 heteroatoms. The summed E-state index contributed by atoms with van der Waals surface area (Å²) in [6.45, 7) is 5.96. The van der Waals surface area contributed by atoms with Gasteiger partial charge in [0.05, 0.1) is 11.8 Å². The summed E-state index contributed by atoms with van der Waals surface area (Å²) in [6.07, 6.45) is 0.230. The molecule has 0 saturated carbocycles. The molecule has 2 unspecified atom stereocenters. The zero-order valence-electron chi connectivity index (χ0n) is 13.6. The van der Waals surface area contributed by atoms with Gasteiger partial charge >= 0.3 is 0 Å². The largest absolute Gasteiger partial charge is 0.393 e. The molecule has 1 heterocycles. The molecular weight excluding hydrogens is 297 g/mol. The highest BCUT2D eigenvalue weighted by molar-refractivity contribution is 5.92. The SMILES string of the molecule is Cc1cc(C(=O)NCC(C)CC(C)O)nn1-c1cccc(F)c1. The van der Waals surface area contributed by atoms with Gasteiger partial charge in [0.25, 0.3) is 5.91 Å². The van der Waals surface area contributed by atoms with E-state index in [-0.39, 0.29) is 23.3 Å². The van der Waals surface area contributed by atoms with Gasteiger partial charge in [0.2, 0.25) is 0 Å². The van der Waals surface area contributed by atoms with Crippen molar-refractivity contribution >= 4 is 5.91 Å². The van der Waals surface area contributed by atoms with Crippen LogP contribution < -0.4 is 5.32 Å². The first-order valence-corrected chi connectivity index (χ1v) is 7.65. The van der Waals surface area contributed by atoms with Gasteiger partial charge in [-0.15, -0.1) is 0 Å². The lowest BCUT2D eigenvalue weighted by atomic mass is 10.0. The molecular formula is C17H22FN3O2. The Kier molecular flexibility index (Phi) is 5.50. The lowest BCUT2D eigenvalue weighted by molar-refractivity contribution is 0.0934. The number of aromatic nitrogens is 2. The van der Waals surface area contributed by atoms with E-state index in [0.29, 0.717) is 18.7 Å². The molecule has 2 rings (SSSR count). The molecule has 2 atom stereocenters. The number of carbonyl (C=O) groups is 1. The molecule has 1 aromatic heterocycles. The predicted molar refractivity (Wildman–Crippen MR) is 86.1 cm³/mol. The molecule has 0 aliphatic heterocycles. The number of aryl methyl sites for hydroxylation is 1. The Morgan fingerprint density at radius 1 is 1.39 bits per heavy atom. The number of nitrogens with zero attached hydrogens (tertiary/aromatic N) is 2. The average Bonchev–Trinajstić information content (AvgIpc) is 2.86. The van der Waals surface area contributed by atoms with Gasteiger partial charge in [0.1, 0.15) is 5.82 Å². The van der Waals surface area contributed by atoms with Gasteiger partial charge in [0, 0.05) is 12.2 Å². The van der Waals surface area contributed by atoms with Gasteiger partial charge < -0.3 is 10.4 Å². The number of hydrogen-bond donors (Lipinski definition) is 2. The second-order valence-electron chi connectivity index (χ2n) is 5.96. The molecule has 1 aromatic carbocycles. The van der Waals surface area contributed by atoms with Gasteiger partial charge in [-0.25, -0.2) is 9.07 Å². The van der Waals surface area contributed by atoms with Crippen LogP contribution in [0.4, 0.5) is 4.39 Å². The highest BCUT2D eigenvalue weighted by Crippen LogP contribution is 2.13. The second kappa shape index (κ2) is 7.37. The lowest BCUT2D eigenvalue weighted by Crippen LogP contribution is -2.29. The third-order valence-corrected chi connectivity index (χ3v) is 3.53. The van der Waals surface area contributed by atoms with Crippen molar-refractivity contribution in [3.63, 3.8) is 0 Å². The number of aliphatic hydroxyl groups is 1. The summed E-state index contributed by atoms with van der Waals surface area (Å²) in [7, 11) is 0. The van der Waals surface area contributed by atoms with Crippen molar-refractivity contribution < 1.29 is 14.3 Å². The van der Waals surface area contributed by atoms with Crippen LogP contribution >= 0.6 is 0 Å². The van der Waals surface area contributed by atoms with Crippen LogP contribution in [0.1, 0.15) is 36.5 Å². The Morgan fingerprint density at radius 3 is 2.78 bits per heavy atom. The minimum Gasteiger partial charge on any atom is -0.393 e. The maximum atomic E-state index is 13.3. The van der Waals surface area contributed by atoms with E-state index in [4.69, 9.17) is 0 Å². The molecule has 124 valence electrons. The monoisotopic (exact) mass is 319 g/mol. The van der Waals surface area contributed by atoms with E-state index in [0.717, 1.165) is 5.69 Å². The first-order chi connectivity index (χ1) is 10.9. The van der Waals surface area contributed by atoms with Gasteiger partial charge in [0.15, 0.2) is 5.69 Å². The average molecular weight is 319 g/mol. The summed E-state index contributed by atoms with van der Waals surface area (Å²) in [5, 5.41) is 16.4. The molecule has 0 aliphatic carbocycles. The summed E-state index contributed by atoms with van der Waals surface area (Å²) >= 11 is 0. The molecule has 0 spiro atoms. The minimum atomic E-state index is -0.392. The number of aliphatic hydroxyl groups excluding tert-OH is 1. The third kappa shape index (κ3) is 4.63. The van der Waals surface area contributed by atoms with Gasteiger partial charge in [-0.1, -0.05) is 13.0 Å². The maximum absolute atomic E-state index is 13.3. The Balaban J connectivity index is 2.07. The normalized spacial score (nSPS) is 13.6. The van der Waals surface area contributed by atoms with E-state index in [9.17, 15) is 14.3 Å². The summed E-state index contributed by atoms with van der Waals surface area (Å²) < 4.78 is 14.9. The molecule has 2 N–H and O–H groups in total. The van der Waals surface area contributed by atoms with E-state index in [1.54, 1.807) is 25.1 Å². The van der Waals surface area contributed by atoms with Crippen LogP contribution in [0, 0.1) is 18.7 Å². The predicted octanol–water partition coefficient (Wildman–Crippen LogP) is 2.46. The van der Waals surface area contributed by atoms with E-state index in [2.05, 4.69) is 10.4 Å². The number of nitrogens with one attached hydrogen (secondary N) is 1. The molecule has 0 radical (unpaired) electrons. The summed E-state index contributed by atoms with van der Waals surface area (Å²) in [5.74, 6) is -0.457. The molecule has 23 heavy (non-hydrogen) atoms. The van der Waals surface area contributed by atoms with Crippen LogP contribution in [-0.2, 0) is 0 Å². The number of amides is 1. The van der Waals surface area contributed by atoms with E-state index < -0.39 is 6.10 Å². The quantitative estimate of drug-likeness (QED) is 0.859. The number of hydrogen-bond acceptors (Lipinski definition) is 3. The fraction of sp³-hybridized carbons (Fsp3) is 0.412. The second-order valence-corrected chi connectivity index (χ2v) is 5.96.